The molecule has 0 spiro atoms. The summed E-state index contributed by atoms with van der Waals surface area (Å²) in [5.74, 6) is 1.42. The fraction of sp³-hybridized carbons (Fsp3) is 0.261. The summed E-state index contributed by atoms with van der Waals surface area (Å²) in [6, 6.07) is 13.5. The molecule has 0 bridgehead atoms. The summed E-state index contributed by atoms with van der Waals surface area (Å²) in [7, 11) is 3.77. The first-order valence-electron chi connectivity index (χ1n) is 10.1. The van der Waals surface area contributed by atoms with E-state index in [9.17, 15) is 9.18 Å². The molecule has 0 atom stereocenters. The van der Waals surface area contributed by atoms with E-state index >= 15 is 0 Å². The number of halogens is 1. The van der Waals surface area contributed by atoms with E-state index in [0.29, 0.717) is 35.4 Å². The lowest BCUT2D eigenvalue weighted by molar-refractivity contribution is 0.305. The van der Waals surface area contributed by atoms with Crippen LogP contribution in [0.3, 0.4) is 0 Å². The Balaban J connectivity index is 1.53. The van der Waals surface area contributed by atoms with Crippen molar-refractivity contribution in [2.75, 3.05) is 19.0 Å². The monoisotopic (exact) mass is 436 g/mol. The minimum atomic E-state index is -0.361. The predicted octanol–water partition coefficient (Wildman–Crippen LogP) is 4.50. The lowest BCUT2D eigenvalue weighted by atomic mass is 10.2. The van der Waals surface area contributed by atoms with Crippen LogP contribution in [0.5, 0.6) is 5.75 Å². The van der Waals surface area contributed by atoms with Crippen molar-refractivity contribution in [1.82, 2.24) is 14.5 Å². The number of nitrogens with zero attached hydrogens (tertiary/aromatic N) is 4. The molecule has 31 heavy (non-hydrogen) atoms. The molecule has 2 aromatic heterocycles. The number of hydrogen-bond donors (Lipinski definition) is 0. The standard InChI is InChI=1S/C23H21FN4O2S/c1-27(2)20-19-21(25-22(31-19)15-6-7-15)28(23(29)26-20)17-5-3-4-14(12-17)13-30-18-10-8-16(24)9-11-18/h3-5,8-12,15H,6-7,13H2,1-2H3. The van der Waals surface area contributed by atoms with Crippen LogP contribution in [-0.2, 0) is 6.61 Å². The third kappa shape index (κ3) is 3.90. The van der Waals surface area contributed by atoms with Crippen molar-refractivity contribution in [3.8, 4) is 11.4 Å². The number of fused-ring (bicyclic) bond motifs is 1. The Kier molecular flexibility index (Phi) is 4.94. The number of rotatable bonds is 6. The molecule has 4 aromatic rings. The van der Waals surface area contributed by atoms with Crippen LogP contribution >= 0.6 is 11.3 Å². The van der Waals surface area contributed by atoms with Gasteiger partial charge in [0.25, 0.3) is 0 Å². The van der Waals surface area contributed by atoms with Gasteiger partial charge in [-0.3, -0.25) is 0 Å². The van der Waals surface area contributed by atoms with Crippen LogP contribution in [-0.4, -0.2) is 28.6 Å². The molecule has 0 radical (unpaired) electrons. The highest BCUT2D eigenvalue weighted by Crippen LogP contribution is 2.44. The van der Waals surface area contributed by atoms with Gasteiger partial charge in [0.1, 0.15) is 22.9 Å². The Bertz CT molecular complexity index is 1310. The molecule has 5 rings (SSSR count). The second-order valence-corrected chi connectivity index (χ2v) is 8.87. The van der Waals surface area contributed by atoms with E-state index in [2.05, 4.69) is 4.98 Å². The van der Waals surface area contributed by atoms with Crippen molar-refractivity contribution >= 4 is 27.5 Å². The van der Waals surface area contributed by atoms with Gasteiger partial charge in [-0.25, -0.2) is 18.7 Å². The van der Waals surface area contributed by atoms with Gasteiger partial charge in [-0.05, 0) is 54.8 Å². The molecule has 1 aliphatic carbocycles. The van der Waals surface area contributed by atoms with Gasteiger partial charge in [0.2, 0.25) is 0 Å². The van der Waals surface area contributed by atoms with Crippen LogP contribution in [0, 0.1) is 5.82 Å². The number of ether oxygens (including phenoxy) is 1. The summed E-state index contributed by atoms with van der Waals surface area (Å²) in [6.07, 6.45) is 2.29. The van der Waals surface area contributed by atoms with Gasteiger partial charge >= 0.3 is 5.69 Å². The molecule has 2 aromatic carbocycles. The largest absolute Gasteiger partial charge is 0.489 e. The minimum absolute atomic E-state index is 0.297. The smallest absolute Gasteiger partial charge is 0.355 e. The van der Waals surface area contributed by atoms with E-state index in [1.807, 2.05) is 43.3 Å². The van der Waals surface area contributed by atoms with Gasteiger partial charge in [0.15, 0.2) is 11.5 Å². The molecule has 6 nitrogen and oxygen atoms in total. The highest BCUT2D eigenvalue weighted by molar-refractivity contribution is 7.19. The van der Waals surface area contributed by atoms with Gasteiger partial charge in [-0.15, -0.1) is 11.3 Å². The van der Waals surface area contributed by atoms with Crippen molar-refractivity contribution < 1.29 is 9.13 Å². The summed E-state index contributed by atoms with van der Waals surface area (Å²) in [4.78, 5) is 24.0. The van der Waals surface area contributed by atoms with Crippen LogP contribution in [0.2, 0.25) is 0 Å². The molecule has 8 heteroatoms. The van der Waals surface area contributed by atoms with Crippen LogP contribution in [0.15, 0.2) is 53.3 Å². The summed E-state index contributed by atoms with van der Waals surface area (Å²) >= 11 is 1.62. The summed E-state index contributed by atoms with van der Waals surface area (Å²) in [5, 5.41) is 1.06. The van der Waals surface area contributed by atoms with Gasteiger partial charge in [0, 0.05) is 20.0 Å². The Hall–Kier alpha value is -3.26. The van der Waals surface area contributed by atoms with Gasteiger partial charge in [-0.1, -0.05) is 12.1 Å². The molecule has 1 saturated carbocycles. The van der Waals surface area contributed by atoms with Gasteiger partial charge in [0.05, 0.1) is 10.7 Å². The number of benzene rings is 2. The molecular weight excluding hydrogens is 415 g/mol. The Morgan fingerprint density at radius 2 is 1.94 bits per heavy atom. The van der Waals surface area contributed by atoms with E-state index in [1.165, 1.54) is 12.1 Å². The number of aromatic nitrogens is 3. The maximum absolute atomic E-state index is 13.1. The van der Waals surface area contributed by atoms with Gasteiger partial charge in [-0.2, -0.15) is 4.98 Å². The maximum atomic E-state index is 13.1. The van der Waals surface area contributed by atoms with Gasteiger partial charge < -0.3 is 9.64 Å². The predicted molar refractivity (Wildman–Crippen MR) is 120 cm³/mol. The van der Waals surface area contributed by atoms with Crippen molar-refractivity contribution in [1.29, 1.82) is 0 Å². The zero-order valence-electron chi connectivity index (χ0n) is 17.2. The Labute approximate surface area is 182 Å². The normalized spacial score (nSPS) is 13.5. The van der Waals surface area contributed by atoms with Crippen molar-refractivity contribution in [2.24, 2.45) is 0 Å². The highest BCUT2D eigenvalue weighted by atomic mass is 32.1. The molecule has 2 heterocycles. The third-order valence-corrected chi connectivity index (χ3v) is 6.37. The molecule has 0 saturated heterocycles. The SMILES string of the molecule is CN(C)c1nc(=O)n(-c2cccc(COc3ccc(F)cc3)c2)c2nc(C3CC3)sc12. The zero-order valence-corrected chi connectivity index (χ0v) is 18.0. The Morgan fingerprint density at radius 3 is 2.65 bits per heavy atom. The fourth-order valence-corrected chi connectivity index (χ4v) is 4.72. The lowest BCUT2D eigenvalue weighted by Crippen LogP contribution is -2.25. The highest BCUT2D eigenvalue weighted by Gasteiger charge is 2.29. The molecule has 0 N–H and O–H groups in total. The molecule has 158 valence electrons. The first-order valence-corrected chi connectivity index (χ1v) is 10.9. The van der Waals surface area contributed by atoms with Crippen LogP contribution in [0.4, 0.5) is 10.2 Å². The first-order chi connectivity index (χ1) is 15.0. The third-order valence-electron chi connectivity index (χ3n) is 5.17. The summed E-state index contributed by atoms with van der Waals surface area (Å²) < 4.78 is 21.3. The number of thiazole rings is 1. The Morgan fingerprint density at radius 1 is 1.16 bits per heavy atom. The quantitative estimate of drug-likeness (QED) is 0.445. The average Bonchev–Trinajstić information content (AvgIpc) is 3.52. The van der Waals surface area contributed by atoms with E-state index in [-0.39, 0.29) is 11.5 Å². The van der Waals surface area contributed by atoms with Crippen LogP contribution < -0.4 is 15.3 Å². The zero-order chi connectivity index (χ0) is 21.5. The van der Waals surface area contributed by atoms with Crippen molar-refractivity contribution in [3.63, 3.8) is 0 Å². The fourth-order valence-electron chi connectivity index (χ4n) is 3.43. The van der Waals surface area contributed by atoms with E-state index in [0.717, 1.165) is 28.1 Å². The number of anilines is 1. The van der Waals surface area contributed by atoms with E-state index in [4.69, 9.17) is 9.72 Å². The summed E-state index contributed by atoms with van der Waals surface area (Å²) in [5.41, 5.74) is 1.87. The van der Waals surface area contributed by atoms with Crippen LogP contribution in [0.1, 0.15) is 29.3 Å². The van der Waals surface area contributed by atoms with Crippen molar-refractivity contribution in [3.05, 3.63) is 75.4 Å². The number of hydrogen-bond acceptors (Lipinski definition) is 6. The minimum Gasteiger partial charge on any atom is -0.489 e. The van der Waals surface area contributed by atoms with E-state index in [1.54, 1.807) is 28.0 Å². The average molecular weight is 437 g/mol. The topological polar surface area (TPSA) is 60.2 Å². The second kappa shape index (κ2) is 7.77. The summed E-state index contributed by atoms with van der Waals surface area (Å²) in [6.45, 7) is 0.297. The molecular formula is C23H21FN4O2S. The second-order valence-electron chi connectivity index (χ2n) is 7.84. The molecule has 1 fully saturated rings. The maximum Gasteiger partial charge on any atom is 0.355 e. The van der Waals surface area contributed by atoms with Crippen molar-refractivity contribution in [2.45, 2.75) is 25.4 Å². The molecule has 0 aliphatic heterocycles. The first kappa shape index (κ1) is 19.7. The molecule has 0 unspecified atom stereocenters. The van der Waals surface area contributed by atoms with Crippen LogP contribution in [0.25, 0.3) is 16.0 Å². The molecule has 0 amide bonds. The lowest BCUT2D eigenvalue weighted by Gasteiger charge is -2.14. The molecule has 1 aliphatic rings. The van der Waals surface area contributed by atoms with E-state index < -0.39 is 0 Å².